The van der Waals surface area contributed by atoms with E-state index in [0.717, 1.165) is 55.7 Å². The number of benzene rings is 3. The van der Waals surface area contributed by atoms with Crippen LogP contribution in [-0.2, 0) is 19.4 Å². The summed E-state index contributed by atoms with van der Waals surface area (Å²) in [6, 6.07) is 26.2. The van der Waals surface area contributed by atoms with E-state index in [-0.39, 0.29) is 5.91 Å². The molecule has 1 amide bonds. The third kappa shape index (κ3) is 6.01. The summed E-state index contributed by atoms with van der Waals surface area (Å²) in [6.45, 7) is 1.60. The second-order valence-corrected chi connectivity index (χ2v) is 8.20. The van der Waals surface area contributed by atoms with Gasteiger partial charge in [0.05, 0.1) is 18.1 Å². The van der Waals surface area contributed by atoms with Crippen LogP contribution in [0.5, 0.6) is 5.75 Å². The van der Waals surface area contributed by atoms with Gasteiger partial charge in [-0.25, -0.2) is 4.98 Å². The molecule has 5 nitrogen and oxygen atoms in total. The molecule has 0 atom stereocenters. The highest BCUT2D eigenvalue weighted by Crippen LogP contribution is 2.19. The van der Waals surface area contributed by atoms with Crippen LogP contribution in [0.15, 0.2) is 78.9 Å². The summed E-state index contributed by atoms with van der Waals surface area (Å²) < 4.78 is 7.51. The molecule has 0 saturated heterocycles. The summed E-state index contributed by atoms with van der Waals surface area (Å²) in [5.41, 5.74) is 4.26. The summed E-state index contributed by atoms with van der Waals surface area (Å²) in [6.07, 6.45) is 4.98. The Bertz CT molecular complexity index is 1170. The van der Waals surface area contributed by atoms with E-state index in [2.05, 4.69) is 58.4 Å². The Morgan fingerprint density at radius 2 is 1.64 bits per heavy atom. The predicted molar refractivity (Wildman–Crippen MR) is 133 cm³/mol. The minimum absolute atomic E-state index is 0.0413. The first-order valence-electron chi connectivity index (χ1n) is 11.6. The normalized spacial score (nSPS) is 10.9. The monoisotopic (exact) mass is 441 g/mol. The van der Waals surface area contributed by atoms with Crippen LogP contribution < -0.4 is 10.1 Å². The van der Waals surface area contributed by atoms with Crippen LogP contribution in [0.4, 0.5) is 0 Å². The Hall–Kier alpha value is -3.60. The number of hydrogen-bond donors (Lipinski definition) is 1. The highest BCUT2D eigenvalue weighted by Gasteiger charge is 2.10. The van der Waals surface area contributed by atoms with Crippen LogP contribution in [0, 0.1) is 0 Å². The number of fused-ring (bicyclic) bond motifs is 1. The van der Waals surface area contributed by atoms with Gasteiger partial charge in [-0.05, 0) is 61.2 Å². The molecule has 0 unspecified atom stereocenters. The molecule has 1 heterocycles. The molecular formula is C28H31N3O2. The number of carbonyl (C=O) groups is 1. The van der Waals surface area contributed by atoms with Crippen LogP contribution in [0.25, 0.3) is 11.0 Å². The van der Waals surface area contributed by atoms with Crippen LogP contribution in [0.2, 0.25) is 0 Å². The van der Waals surface area contributed by atoms with Gasteiger partial charge >= 0.3 is 0 Å². The third-order valence-corrected chi connectivity index (χ3v) is 5.92. The van der Waals surface area contributed by atoms with Gasteiger partial charge in [0.15, 0.2) is 0 Å². The molecule has 1 N–H and O–H groups in total. The van der Waals surface area contributed by atoms with Crippen molar-refractivity contribution in [3.8, 4) is 5.75 Å². The standard InChI is InChI=1S/C28H31N3O2/c1-33-24-17-15-23(16-18-24)28(32)29-20-9-3-6-14-27-30-25-12-7-8-13-26(25)31(27)21-19-22-10-4-2-5-11-22/h2,4-5,7-8,10-13,15-18H,3,6,9,14,19-21H2,1H3,(H,29,32). The number of unbranched alkanes of at least 4 members (excludes halogenated alkanes) is 2. The molecule has 5 heteroatoms. The zero-order valence-electron chi connectivity index (χ0n) is 19.2. The van der Waals surface area contributed by atoms with E-state index >= 15 is 0 Å². The van der Waals surface area contributed by atoms with Gasteiger partial charge < -0.3 is 14.6 Å². The number of methoxy groups -OCH3 is 1. The van der Waals surface area contributed by atoms with E-state index in [1.54, 1.807) is 31.4 Å². The van der Waals surface area contributed by atoms with Gasteiger partial charge in [0, 0.05) is 25.1 Å². The average molecular weight is 442 g/mol. The number of aromatic nitrogens is 2. The first-order valence-corrected chi connectivity index (χ1v) is 11.6. The Morgan fingerprint density at radius 1 is 0.879 bits per heavy atom. The van der Waals surface area contributed by atoms with Crippen LogP contribution in [0.1, 0.15) is 41.0 Å². The third-order valence-electron chi connectivity index (χ3n) is 5.92. The van der Waals surface area contributed by atoms with Gasteiger partial charge in [0.1, 0.15) is 11.6 Å². The number of imidazole rings is 1. The maximum absolute atomic E-state index is 12.3. The van der Waals surface area contributed by atoms with Crippen molar-refractivity contribution in [2.75, 3.05) is 13.7 Å². The van der Waals surface area contributed by atoms with Crippen LogP contribution in [-0.4, -0.2) is 29.1 Å². The van der Waals surface area contributed by atoms with Gasteiger partial charge in [0.25, 0.3) is 5.91 Å². The molecule has 0 saturated carbocycles. The maximum atomic E-state index is 12.3. The van der Waals surface area contributed by atoms with Crippen molar-refractivity contribution in [1.29, 1.82) is 0 Å². The molecule has 0 aliphatic rings. The van der Waals surface area contributed by atoms with Crippen molar-refractivity contribution >= 4 is 16.9 Å². The predicted octanol–water partition coefficient (Wildman–Crippen LogP) is 5.43. The van der Waals surface area contributed by atoms with Crippen molar-refractivity contribution in [2.24, 2.45) is 0 Å². The Morgan fingerprint density at radius 3 is 2.42 bits per heavy atom. The van der Waals surface area contributed by atoms with Crippen molar-refractivity contribution in [3.63, 3.8) is 0 Å². The lowest BCUT2D eigenvalue weighted by Crippen LogP contribution is -2.24. The number of nitrogens with one attached hydrogen (secondary N) is 1. The van der Waals surface area contributed by atoms with Gasteiger partial charge in [-0.1, -0.05) is 48.9 Å². The number of amides is 1. The topological polar surface area (TPSA) is 56.1 Å². The fraction of sp³-hybridized carbons (Fsp3) is 0.286. The number of para-hydroxylation sites is 2. The van der Waals surface area contributed by atoms with Crippen LogP contribution >= 0.6 is 0 Å². The molecule has 0 fully saturated rings. The van der Waals surface area contributed by atoms with Gasteiger partial charge in [-0.2, -0.15) is 0 Å². The molecule has 3 aromatic carbocycles. The molecule has 4 aromatic rings. The van der Waals surface area contributed by atoms with E-state index in [1.807, 2.05) is 6.07 Å². The van der Waals surface area contributed by atoms with Gasteiger partial charge in [-0.3, -0.25) is 4.79 Å². The second kappa shape index (κ2) is 11.3. The maximum Gasteiger partial charge on any atom is 0.251 e. The number of nitrogens with zero attached hydrogens (tertiary/aromatic N) is 2. The molecule has 0 aliphatic heterocycles. The van der Waals surface area contributed by atoms with E-state index < -0.39 is 0 Å². The molecular weight excluding hydrogens is 410 g/mol. The van der Waals surface area contributed by atoms with Crippen LogP contribution in [0.3, 0.4) is 0 Å². The van der Waals surface area contributed by atoms with Crippen molar-refractivity contribution in [3.05, 3.63) is 95.8 Å². The quantitative estimate of drug-likeness (QED) is 0.316. The number of ether oxygens (including phenoxy) is 1. The molecule has 4 rings (SSSR count). The summed E-state index contributed by atoms with van der Waals surface area (Å²) in [5.74, 6) is 1.86. The first-order chi connectivity index (χ1) is 16.2. The summed E-state index contributed by atoms with van der Waals surface area (Å²) in [5, 5.41) is 3.01. The lowest BCUT2D eigenvalue weighted by molar-refractivity contribution is 0.0953. The molecule has 0 bridgehead atoms. The summed E-state index contributed by atoms with van der Waals surface area (Å²) in [4.78, 5) is 17.2. The van der Waals surface area contributed by atoms with Crippen molar-refractivity contribution in [1.82, 2.24) is 14.9 Å². The van der Waals surface area contributed by atoms with E-state index in [0.29, 0.717) is 12.1 Å². The highest BCUT2D eigenvalue weighted by atomic mass is 16.5. The van der Waals surface area contributed by atoms with E-state index in [1.165, 1.54) is 11.1 Å². The number of rotatable bonds is 11. The first kappa shape index (κ1) is 22.6. The Labute approximate surface area is 195 Å². The van der Waals surface area contributed by atoms with Crippen molar-refractivity contribution < 1.29 is 9.53 Å². The minimum Gasteiger partial charge on any atom is -0.497 e. The van der Waals surface area contributed by atoms with Gasteiger partial charge in [0.2, 0.25) is 0 Å². The highest BCUT2D eigenvalue weighted by molar-refractivity contribution is 5.94. The average Bonchev–Trinajstić information content (AvgIpc) is 3.22. The fourth-order valence-electron chi connectivity index (χ4n) is 4.08. The molecule has 0 aliphatic carbocycles. The zero-order chi connectivity index (χ0) is 22.9. The van der Waals surface area contributed by atoms with Crippen molar-refractivity contribution in [2.45, 2.75) is 38.6 Å². The molecule has 0 spiro atoms. The van der Waals surface area contributed by atoms with E-state index in [9.17, 15) is 4.79 Å². The smallest absolute Gasteiger partial charge is 0.251 e. The second-order valence-electron chi connectivity index (χ2n) is 8.20. The molecule has 0 radical (unpaired) electrons. The molecule has 170 valence electrons. The number of carbonyl (C=O) groups excluding carboxylic acids is 1. The SMILES string of the molecule is COc1ccc(C(=O)NCCCCCc2nc3ccccc3n2CCc2ccccc2)cc1. The minimum atomic E-state index is -0.0413. The number of aryl methyl sites for hydroxylation is 3. The Balaban J connectivity index is 1.27. The Kier molecular flexibility index (Phi) is 7.75. The van der Waals surface area contributed by atoms with E-state index in [4.69, 9.17) is 9.72 Å². The lowest BCUT2D eigenvalue weighted by Gasteiger charge is -2.10. The largest absolute Gasteiger partial charge is 0.497 e. The summed E-state index contributed by atoms with van der Waals surface area (Å²) >= 11 is 0. The van der Waals surface area contributed by atoms with Gasteiger partial charge in [-0.15, -0.1) is 0 Å². The number of hydrogen-bond acceptors (Lipinski definition) is 3. The summed E-state index contributed by atoms with van der Waals surface area (Å²) in [7, 11) is 1.62. The molecule has 1 aromatic heterocycles. The molecule has 33 heavy (non-hydrogen) atoms. The fourth-order valence-corrected chi connectivity index (χ4v) is 4.08. The lowest BCUT2D eigenvalue weighted by atomic mass is 10.1. The zero-order valence-corrected chi connectivity index (χ0v) is 19.2.